The fourth-order valence-corrected chi connectivity index (χ4v) is 2.63. The summed E-state index contributed by atoms with van der Waals surface area (Å²) in [5, 5.41) is 20.4. The largest absolute Gasteiger partial charge is 0.545 e. The fourth-order valence-electron chi connectivity index (χ4n) is 2.63. The molecule has 1 aromatic carbocycles. The maximum Gasteiger partial charge on any atom is 0.232 e. The number of carboxylic acids is 1. The molecule has 0 bridgehead atoms. The quantitative estimate of drug-likeness (QED) is 0.703. The Morgan fingerprint density at radius 3 is 2.58 bits per heavy atom. The molecule has 2 heterocycles. The fraction of sp³-hybridized carbons (Fsp3) is 0.150. The number of benzene rings is 1. The third-order valence-electron chi connectivity index (χ3n) is 4.14. The Balaban J connectivity index is 1.93. The van der Waals surface area contributed by atoms with E-state index < -0.39 is 5.97 Å². The van der Waals surface area contributed by atoms with E-state index >= 15 is 0 Å². The molecule has 0 unspecified atom stereocenters. The van der Waals surface area contributed by atoms with Crippen molar-refractivity contribution in [2.24, 2.45) is 0 Å². The summed E-state index contributed by atoms with van der Waals surface area (Å²) < 4.78 is 10.9. The van der Waals surface area contributed by atoms with E-state index in [1.54, 1.807) is 30.7 Å². The average Bonchev–Trinajstić information content (AvgIpc) is 3.16. The number of ether oxygens (including phenoxy) is 1. The first-order valence-electron chi connectivity index (χ1n) is 7.88. The lowest BCUT2D eigenvalue weighted by molar-refractivity contribution is -0.255. The van der Waals surface area contributed by atoms with E-state index in [0.29, 0.717) is 5.56 Å². The van der Waals surface area contributed by atoms with Crippen molar-refractivity contribution >= 4 is 5.97 Å². The van der Waals surface area contributed by atoms with Gasteiger partial charge in [0.15, 0.2) is 0 Å². The summed E-state index contributed by atoms with van der Waals surface area (Å²) in [6.45, 7) is 3.90. The standard InChI is InChI=1S/C20H16N2O4/c1-12-13(2)22-19(17(9-21)18(12)16-7-8-25-11-16)26-10-14-3-5-15(6-4-14)20(23)24/h3-8,11H,10H2,1-2H3,(H,23,24)/p-1. The minimum atomic E-state index is -1.23. The molecule has 0 radical (unpaired) electrons. The Morgan fingerprint density at radius 1 is 1.27 bits per heavy atom. The van der Waals surface area contributed by atoms with Crippen LogP contribution in [0.4, 0.5) is 0 Å². The molecule has 0 amide bonds. The van der Waals surface area contributed by atoms with E-state index in [-0.39, 0.29) is 18.1 Å². The number of aromatic carboxylic acids is 1. The molecule has 6 heteroatoms. The van der Waals surface area contributed by atoms with E-state index in [2.05, 4.69) is 11.1 Å². The van der Waals surface area contributed by atoms with Crippen molar-refractivity contribution in [3.8, 4) is 23.1 Å². The summed E-state index contributed by atoms with van der Waals surface area (Å²) in [5.41, 5.74) is 4.34. The molecule has 0 atom stereocenters. The van der Waals surface area contributed by atoms with Gasteiger partial charge in [0.1, 0.15) is 18.2 Å². The topological polar surface area (TPSA) is 99.2 Å². The zero-order valence-electron chi connectivity index (χ0n) is 14.3. The molecule has 0 saturated carbocycles. The lowest BCUT2D eigenvalue weighted by Crippen LogP contribution is -2.22. The number of carboxylic acid groups (broad SMARTS) is 1. The number of carbonyl (C=O) groups excluding carboxylic acids is 1. The van der Waals surface area contributed by atoms with Gasteiger partial charge in [-0.1, -0.05) is 24.3 Å². The number of hydrogen-bond donors (Lipinski definition) is 0. The number of carbonyl (C=O) groups is 1. The van der Waals surface area contributed by atoms with Crippen molar-refractivity contribution in [2.75, 3.05) is 0 Å². The van der Waals surface area contributed by atoms with Crippen molar-refractivity contribution in [2.45, 2.75) is 20.5 Å². The first-order chi connectivity index (χ1) is 12.5. The highest BCUT2D eigenvalue weighted by Gasteiger charge is 2.19. The lowest BCUT2D eigenvalue weighted by atomic mass is 9.97. The Bertz CT molecular complexity index is 984. The van der Waals surface area contributed by atoms with E-state index in [1.807, 2.05) is 13.8 Å². The molecule has 26 heavy (non-hydrogen) atoms. The van der Waals surface area contributed by atoms with Gasteiger partial charge in [0.2, 0.25) is 5.88 Å². The molecule has 0 N–H and O–H groups in total. The van der Waals surface area contributed by atoms with Crippen LogP contribution < -0.4 is 9.84 Å². The summed E-state index contributed by atoms with van der Waals surface area (Å²) in [7, 11) is 0. The van der Waals surface area contributed by atoms with Gasteiger partial charge in [0, 0.05) is 16.8 Å². The first-order valence-corrected chi connectivity index (χ1v) is 7.88. The van der Waals surface area contributed by atoms with Gasteiger partial charge in [0.05, 0.1) is 18.5 Å². The first kappa shape index (κ1) is 17.2. The molecule has 3 rings (SSSR count). The molecule has 6 nitrogen and oxygen atoms in total. The lowest BCUT2D eigenvalue weighted by Gasteiger charge is -2.14. The number of furan rings is 1. The maximum atomic E-state index is 10.8. The van der Waals surface area contributed by atoms with Crippen molar-refractivity contribution in [1.82, 2.24) is 4.98 Å². The van der Waals surface area contributed by atoms with Crippen LogP contribution in [0.25, 0.3) is 11.1 Å². The van der Waals surface area contributed by atoms with Crippen LogP contribution >= 0.6 is 0 Å². The number of aromatic nitrogens is 1. The van der Waals surface area contributed by atoms with Gasteiger partial charge in [0.25, 0.3) is 0 Å². The normalized spacial score (nSPS) is 10.3. The predicted molar refractivity (Wildman–Crippen MR) is 91.2 cm³/mol. The highest BCUT2D eigenvalue weighted by Crippen LogP contribution is 2.34. The highest BCUT2D eigenvalue weighted by atomic mass is 16.5. The van der Waals surface area contributed by atoms with Crippen LogP contribution in [0.5, 0.6) is 5.88 Å². The smallest absolute Gasteiger partial charge is 0.232 e. The van der Waals surface area contributed by atoms with Gasteiger partial charge in [-0.15, -0.1) is 0 Å². The molecular weight excluding hydrogens is 332 g/mol. The monoisotopic (exact) mass is 347 g/mol. The second kappa shape index (κ2) is 7.11. The zero-order chi connectivity index (χ0) is 18.7. The second-order valence-corrected chi connectivity index (χ2v) is 5.77. The molecular formula is C20H15N2O4-. The van der Waals surface area contributed by atoms with E-state index in [0.717, 1.165) is 27.9 Å². The number of pyridine rings is 1. The summed E-state index contributed by atoms with van der Waals surface area (Å²) in [6, 6.07) is 10.1. The van der Waals surface area contributed by atoms with Crippen LogP contribution in [0.2, 0.25) is 0 Å². The van der Waals surface area contributed by atoms with E-state index in [9.17, 15) is 15.2 Å². The van der Waals surface area contributed by atoms with Crippen molar-refractivity contribution in [3.63, 3.8) is 0 Å². The number of nitriles is 1. The van der Waals surface area contributed by atoms with E-state index in [1.165, 1.54) is 12.1 Å². The molecule has 130 valence electrons. The van der Waals surface area contributed by atoms with Crippen molar-refractivity contribution in [1.29, 1.82) is 5.26 Å². The van der Waals surface area contributed by atoms with Gasteiger partial charge >= 0.3 is 0 Å². The van der Waals surface area contributed by atoms with Crippen molar-refractivity contribution < 1.29 is 19.1 Å². The Labute approximate surface area is 150 Å². The number of rotatable bonds is 5. The molecule has 0 aliphatic carbocycles. The molecule has 2 aromatic heterocycles. The minimum Gasteiger partial charge on any atom is -0.545 e. The second-order valence-electron chi connectivity index (χ2n) is 5.77. The van der Waals surface area contributed by atoms with Crippen LogP contribution in [-0.4, -0.2) is 11.0 Å². The minimum absolute atomic E-state index is 0.0954. The Kier molecular flexibility index (Phi) is 4.72. The van der Waals surface area contributed by atoms with Crippen LogP contribution in [-0.2, 0) is 6.61 Å². The molecule has 0 aliphatic rings. The highest BCUT2D eigenvalue weighted by molar-refractivity contribution is 5.85. The Hall–Kier alpha value is -3.59. The molecule has 0 spiro atoms. The molecule has 0 fully saturated rings. The third-order valence-corrected chi connectivity index (χ3v) is 4.14. The zero-order valence-corrected chi connectivity index (χ0v) is 14.3. The van der Waals surface area contributed by atoms with Crippen LogP contribution in [0.15, 0.2) is 47.3 Å². The van der Waals surface area contributed by atoms with Gasteiger partial charge < -0.3 is 19.1 Å². The summed E-state index contributed by atoms with van der Waals surface area (Å²) in [5.74, 6) is -0.999. The number of hydrogen-bond acceptors (Lipinski definition) is 6. The van der Waals surface area contributed by atoms with Crippen LogP contribution in [0, 0.1) is 25.2 Å². The van der Waals surface area contributed by atoms with Crippen molar-refractivity contribution in [3.05, 3.63) is 70.8 Å². The van der Waals surface area contributed by atoms with Crippen LogP contribution in [0.1, 0.15) is 32.7 Å². The molecule has 0 aliphatic heterocycles. The Morgan fingerprint density at radius 2 is 2.00 bits per heavy atom. The number of aryl methyl sites for hydroxylation is 1. The average molecular weight is 347 g/mol. The molecule has 0 saturated heterocycles. The van der Waals surface area contributed by atoms with Gasteiger partial charge in [-0.3, -0.25) is 0 Å². The van der Waals surface area contributed by atoms with Gasteiger partial charge in [-0.2, -0.15) is 5.26 Å². The van der Waals surface area contributed by atoms with Gasteiger partial charge in [-0.05, 0) is 36.6 Å². The van der Waals surface area contributed by atoms with Gasteiger partial charge in [-0.25, -0.2) is 4.98 Å². The summed E-state index contributed by atoms with van der Waals surface area (Å²) >= 11 is 0. The molecule has 3 aromatic rings. The third kappa shape index (κ3) is 3.28. The summed E-state index contributed by atoms with van der Waals surface area (Å²) in [4.78, 5) is 15.2. The van der Waals surface area contributed by atoms with Crippen LogP contribution in [0.3, 0.4) is 0 Å². The summed E-state index contributed by atoms with van der Waals surface area (Å²) in [6.07, 6.45) is 3.12. The predicted octanol–water partition coefficient (Wildman–Crippen LogP) is 2.77. The SMILES string of the molecule is Cc1nc(OCc2ccc(C(=O)[O-])cc2)c(C#N)c(-c2ccoc2)c1C. The number of nitrogens with zero attached hydrogens (tertiary/aromatic N) is 2. The maximum absolute atomic E-state index is 10.8. The van der Waals surface area contributed by atoms with E-state index in [4.69, 9.17) is 9.15 Å².